The molecular weight excluding hydrogens is 479 g/mol. The summed E-state index contributed by atoms with van der Waals surface area (Å²) in [5.74, 6) is 0. The number of hydrogen-bond acceptors (Lipinski definition) is 4. The zero-order valence-electron chi connectivity index (χ0n) is 16.1. The van der Waals surface area contributed by atoms with Gasteiger partial charge in [0.25, 0.3) is 0 Å². The molecule has 0 bridgehead atoms. The molecule has 0 N–H and O–H groups in total. The summed E-state index contributed by atoms with van der Waals surface area (Å²) in [6.45, 7) is 4.37. The van der Waals surface area contributed by atoms with Crippen LogP contribution in [-0.2, 0) is 0 Å². The van der Waals surface area contributed by atoms with E-state index < -0.39 is 15.6 Å². The Morgan fingerprint density at radius 3 is 1.41 bits per heavy atom. The van der Waals surface area contributed by atoms with Crippen LogP contribution in [-0.4, -0.2) is 25.8 Å². The van der Waals surface area contributed by atoms with E-state index in [0.717, 1.165) is 45.7 Å². The maximum atomic E-state index is 13.0. The number of rotatable bonds is 10. The summed E-state index contributed by atoms with van der Waals surface area (Å²) in [5.41, 5.74) is 1.51. The Morgan fingerprint density at radius 1 is 0.704 bits per heavy atom. The van der Waals surface area contributed by atoms with Crippen LogP contribution in [0.1, 0.15) is 60.2 Å². The van der Waals surface area contributed by atoms with Crippen LogP contribution in [0.25, 0.3) is 0 Å². The predicted molar refractivity (Wildman–Crippen MR) is 122 cm³/mol. The molecule has 5 heteroatoms. The summed E-state index contributed by atoms with van der Waals surface area (Å²) in [4.78, 5) is 26.0. The molecule has 144 valence electrons. The van der Waals surface area contributed by atoms with Gasteiger partial charge in [-0.05, 0) is 0 Å². The second kappa shape index (κ2) is 12.0. The van der Waals surface area contributed by atoms with E-state index in [9.17, 15) is 9.59 Å². The van der Waals surface area contributed by atoms with E-state index in [4.69, 9.17) is 0 Å². The van der Waals surface area contributed by atoms with Crippen molar-refractivity contribution < 1.29 is 9.59 Å². The first kappa shape index (κ1) is 22.6. The summed E-state index contributed by atoms with van der Waals surface area (Å²) < 4.78 is 2.13. The van der Waals surface area contributed by atoms with Crippen molar-refractivity contribution in [1.82, 2.24) is 0 Å². The van der Waals surface area contributed by atoms with Crippen LogP contribution in [0.4, 0.5) is 0 Å². The number of hydrogen-bond donors (Lipinski definition) is 0. The average Bonchev–Trinajstić information content (AvgIpc) is 2.72. The van der Waals surface area contributed by atoms with E-state index in [1.165, 1.54) is 0 Å². The van der Waals surface area contributed by atoms with Crippen LogP contribution < -0.4 is 0 Å². The van der Waals surface area contributed by atoms with E-state index in [1.54, 1.807) is 17.9 Å². The van der Waals surface area contributed by atoms with Crippen molar-refractivity contribution in [3.63, 3.8) is 0 Å². The first-order valence-corrected chi connectivity index (χ1v) is 22.3. The van der Waals surface area contributed by atoms with Crippen LogP contribution in [0.2, 0.25) is 8.87 Å². The Morgan fingerprint density at radius 2 is 1.07 bits per heavy atom. The third kappa shape index (κ3) is 7.31. The van der Waals surface area contributed by atoms with Crippen LogP contribution in [0.15, 0.2) is 60.7 Å². The van der Waals surface area contributed by atoms with Gasteiger partial charge in [-0.15, -0.1) is 0 Å². The summed E-state index contributed by atoms with van der Waals surface area (Å²) in [6.07, 6.45) is 4.41. The van der Waals surface area contributed by atoms with Gasteiger partial charge in [-0.25, -0.2) is 0 Å². The first-order chi connectivity index (χ1) is 13.1. The number of carbonyl (C=O) groups excluding carboxylic acids is 2. The number of unbranched alkanes of at least 4 members (excludes halogenated alkanes) is 2. The van der Waals surface area contributed by atoms with Gasteiger partial charge in [0, 0.05) is 0 Å². The molecule has 0 spiro atoms. The normalized spacial score (nSPS) is 11.3. The Balaban J connectivity index is 2.26. The Labute approximate surface area is 172 Å². The molecule has 0 amide bonds. The molecule has 0 heterocycles. The molecule has 0 aliphatic carbocycles. The zero-order chi connectivity index (χ0) is 19.5. The Hall–Kier alpha value is -0.721. The van der Waals surface area contributed by atoms with E-state index in [-0.39, 0.29) is 10.2 Å². The zero-order valence-corrected chi connectivity index (χ0v) is 20.6. The molecule has 0 aromatic heterocycles. The third-order valence-electron chi connectivity index (χ3n) is 4.40. The van der Waals surface area contributed by atoms with Crippen molar-refractivity contribution in [2.24, 2.45) is 0 Å². The van der Waals surface area contributed by atoms with E-state index in [0.29, 0.717) is 0 Å². The van der Waals surface area contributed by atoms with Crippen molar-refractivity contribution in [3.05, 3.63) is 71.8 Å². The molecule has 27 heavy (non-hydrogen) atoms. The van der Waals surface area contributed by atoms with Crippen LogP contribution in [0.3, 0.4) is 0 Å². The van der Waals surface area contributed by atoms with Gasteiger partial charge in [-0.3, -0.25) is 0 Å². The Bertz CT molecular complexity index is 656. The number of carbonyl (C=O) groups is 2. The monoisotopic (exact) mass is 508 g/mol. The van der Waals surface area contributed by atoms with Crippen molar-refractivity contribution in [1.29, 1.82) is 0 Å². The maximum absolute atomic E-state index is 13.0. The second-order valence-corrected chi connectivity index (χ2v) is 31.5. The van der Waals surface area contributed by atoms with Crippen LogP contribution in [0.5, 0.6) is 0 Å². The van der Waals surface area contributed by atoms with Gasteiger partial charge < -0.3 is 0 Å². The van der Waals surface area contributed by atoms with Crippen LogP contribution >= 0.6 is 17.9 Å². The van der Waals surface area contributed by atoms with Crippen molar-refractivity contribution >= 4 is 43.7 Å². The van der Waals surface area contributed by atoms with Gasteiger partial charge in [0.05, 0.1) is 0 Å². The molecule has 2 rings (SSSR count). The quantitative estimate of drug-likeness (QED) is 0.319. The van der Waals surface area contributed by atoms with Crippen molar-refractivity contribution in [2.45, 2.75) is 48.4 Å². The van der Waals surface area contributed by atoms with Gasteiger partial charge in [-0.1, -0.05) is 0 Å². The number of benzene rings is 2. The average molecular weight is 507 g/mol. The summed E-state index contributed by atoms with van der Waals surface area (Å²) >= 11 is -3.11. The molecule has 2 nitrogen and oxygen atoms in total. The standard InChI is InChI=1S/2C7H6OS.2C4H9.Sn/c2*8-7(9)6-4-2-1-3-5-6;2*1-3-4-2;/h2*1-5H,(H,8,9);2*1,3-4H2,2H3;/q;;;;+2/p-2. The fraction of sp³-hybridized carbons (Fsp3) is 0.364. The fourth-order valence-corrected chi connectivity index (χ4v) is 29.7. The van der Waals surface area contributed by atoms with Gasteiger partial charge in [0.1, 0.15) is 0 Å². The molecule has 0 saturated carbocycles. The van der Waals surface area contributed by atoms with Gasteiger partial charge in [0.2, 0.25) is 0 Å². The van der Waals surface area contributed by atoms with Gasteiger partial charge in [-0.2, -0.15) is 0 Å². The molecule has 0 radical (unpaired) electrons. The van der Waals surface area contributed by atoms with Gasteiger partial charge >= 0.3 is 174 Å². The van der Waals surface area contributed by atoms with E-state index >= 15 is 0 Å². The van der Waals surface area contributed by atoms with E-state index in [2.05, 4.69) is 13.8 Å². The summed E-state index contributed by atoms with van der Waals surface area (Å²) in [7, 11) is 3.12. The van der Waals surface area contributed by atoms with Crippen molar-refractivity contribution in [3.8, 4) is 0 Å². The molecule has 2 aromatic carbocycles. The minimum absolute atomic E-state index is 0.145. The molecule has 0 atom stereocenters. The molecule has 2 aromatic rings. The van der Waals surface area contributed by atoms with Gasteiger partial charge in [0.15, 0.2) is 0 Å². The molecule has 0 aliphatic heterocycles. The molecule has 0 saturated heterocycles. The first-order valence-electron chi connectivity index (χ1n) is 9.67. The topological polar surface area (TPSA) is 34.1 Å². The third-order valence-corrected chi connectivity index (χ3v) is 30.7. The van der Waals surface area contributed by atoms with Crippen LogP contribution in [0, 0.1) is 0 Å². The second-order valence-electron chi connectivity index (χ2n) is 6.63. The molecule has 0 fully saturated rings. The fourth-order valence-electron chi connectivity index (χ4n) is 2.85. The SMILES string of the molecule is CCC[CH2][Sn]([CH2]CCC)([S]C(=O)c1ccccc1)[S]C(=O)c1ccccc1. The predicted octanol–water partition coefficient (Wildman–Crippen LogP) is 7.18. The molecule has 0 unspecified atom stereocenters. The minimum atomic E-state index is -3.11. The summed E-state index contributed by atoms with van der Waals surface area (Å²) in [6, 6.07) is 19.0. The van der Waals surface area contributed by atoms with Crippen molar-refractivity contribution in [2.75, 3.05) is 0 Å². The summed E-state index contributed by atoms with van der Waals surface area (Å²) in [5, 5.41) is 0.291. The Kier molecular flexibility index (Phi) is 10.0. The molecule has 0 aliphatic rings. The molecular formula is C22H28O2S2Sn. The van der Waals surface area contributed by atoms with E-state index in [1.807, 2.05) is 60.7 Å².